The van der Waals surface area contributed by atoms with E-state index in [4.69, 9.17) is 19.4 Å². The van der Waals surface area contributed by atoms with Crippen LogP contribution in [0.2, 0.25) is 0 Å². The number of hydrogen-bond donors (Lipinski definition) is 3. The highest BCUT2D eigenvalue weighted by Crippen LogP contribution is 2.37. The zero-order valence-electron chi connectivity index (χ0n) is 22.0. The van der Waals surface area contributed by atoms with E-state index in [-0.39, 0.29) is 11.8 Å². The average Bonchev–Trinajstić information content (AvgIpc) is 3.53. The molecule has 1 aromatic carbocycles. The van der Waals surface area contributed by atoms with Crippen LogP contribution in [0.5, 0.6) is 11.6 Å². The molecule has 2 aromatic heterocycles. The third-order valence-electron chi connectivity index (χ3n) is 5.81. The molecule has 1 fully saturated rings. The number of aryl methyl sites for hydroxylation is 2. The van der Waals surface area contributed by atoms with E-state index in [9.17, 15) is 9.00 Å². The van der Waals surface area contributed by atoms with Gasteiger partial charge in [-0.3, -0.25) is 14.3 Å². The summed E-state index contributed by atoms with van der Waals surface area (Å²) in [4.78, 5) is 31.7. The van der Waals surface area contributed by atoms with E-state index in [1.165, 1.54) is 11.3 Å². The number of carboxylic acid groups (broad SMARTS) is 1. The number of thiazole rings is 1. The van der Waals surface area contributed by atoms with Crippen molar-refractivity contribution in [2.24, 2.45) is 5.92 Å². The Labute approximate surface area is 228 Å². The van der Waals surface area contributed by atoms with E-state index in [1.807, 2.05) is 32.0 Å². The Bertz CT molecular complexity index is 1320. The molecular weight excluding hydrogens is 528 g/mol. The summed E-state index contributed by atoms with van der Waals surface area (Å²) < 4.78 is 26.9. The Hall–Kier alpha value is -3.51. The molecule has 1 amide bonds. The maximum absolute atomic E-state index is 13.2. The molecule has 1 aliphatic rings. The minimum Gasteiger partial charge on any atom is -0.495 e. The fourth-order valence-electron chi connectivity index (χ4n) is 4.07. The fraction of sp³-hybridized carbons (Fsp3) is 0.385. The van der Waals surface area contributed by atoms with Gasteiger partial charge in [0.1, 0.15) is 10.6 Å². The highest BCUT2D eigenvalue weighted by Gasteiger charge is 2.24. The molecule has 1 aliphatic carbocycles. The summed E-state index contributed by atoms with van der Waals surface area (Å²) in [5.74, 6) is 0.309. The van der Waals surface area contributed by atoms with Crippen LogP contribution < -0.4 is 19.5 Å². The molecule has 1 atom stereocenters. The lowest BCUT2D eigenvalue weighted by Gasteiger charge is -2.12. The Kier molecular flexibility index (Phi) is 10.2. The molecule has 204 valence electrons. The fourth-order valence-corrected chi connectivity index (χ4v) is 6.04. The number of nitrogens with zero attached hydrogens (tertiary/aromatic N) is 2. The van der Waals surface area contributed by atoms with Crippen LogP contribution in [0.15, 0.2) is 35.4 Å². The van der Waals surface area contributed by atoms with Gasteiger partial charge in [-0.2, -0.15) is 0 Å². The number of hydrogen-bond acceptors (Lipinski definition) is 8. The number of carbonyl (C=O) groups is 2. The molecule has 0 radical (unpaired) electrons. The van der Waals surface area contributed by atoms with E-state index < -0.39 is 17.0 Å². The lowest BCUT2D eigenvalue weighted by Crippen LogP contribution is -2.20. The number of carboxylic acids is 1. The normalized spacial score (nSPS) is 13.7. The van der Waals surface area contributed by atoms with Crippen molar-refractivity contribution in [1.82, 2.24) is 9.97 Å². The summed E-state index contributed by atoms with van der Waals surface area (Å²) in [6, 6.07) is 7.35. The molecule has 3 N–H and O–H groups in total. The maximum atomic E-state index is 13.2. The van der Waals surface area contributed by atoms with Gasteiger partial charge in [-0.15, -0.1) is 0 Å². The molecule has 2 heterocycles. The van der Waals surface area contributed by atoms with Crippen LogP contribution >= 0.6 is 11.3 Å². The molecule has 0 bridgehead atoms. The number of benzene rings is 1. The van der Waals surface area contributed by atoms with Gasteiger partial charge >= 0.3 is 0 Å². The summed E-state index contributed by atoms with van der Waals surface area (Å²) in [6.07, 6.45) is 5.66. The maximum Gasteiger partial charge on any atom is 0.300 e. The number of anilines is 2. The van der Waals surface area contributed by atoms with E-state index in [1.54, 1.807) is 26.5 Å². The molecule has 0 saturated heterocycles. The average molecular weight is 561 g/mol. The van der Waals surface area contributed by atoms with Gasteiger partial charge in [0.2, 0.25) is 11.8 Å². The second-order valence-corrected chi connectivity index (χ2v) is 10.9. The Morgan fingerprint density at radius 1 is 1.13 bits per heavy atom. The first-order valence-corrected chi connectivity index (χ1v) is 13.9. The van der Waals surface area contributed by atoms with Gasteiger partial charge in [-0.05, 0) is 56.5 Å². The Morgan fingerprint density at radius 3 is 2.42 bits per heavy atom. The Morgan fingerprint density at radius 2 is 1.82 bits per heavy atom. The van der Waals surface area contributed by atoms with Gasteiger partial charge in [0.25, 0.3) is 5.97 Å². The Balaban J connectivity index is 0.000000934. The molecule has 4 rings (SSSR count). The predicted octanol–water partition coefficient (Wildman–Crippen LogP) is 5.19. The van der Waals surface area contributed by atoms with Crippen molar-refractivity contribution < 1.29 is 28.4 Å². The number of rotatable bonds is 8. The monoisotopic (exact) mass is 560 g/mol. The van der Waals surface area contributed by atoms with Crippen LogP contribution in [0.25, 0.3) is 10.4 Å². The number of aliphatic carboxylic acids is 1. The second-order valence-electron chi connectivity index (χ2n) is 8.71. The number of nitrogens with one attached hydrogen (secondary N) is 2. The number of amides is 1. The summed E-state index contributed by atoms with van der Waals surface area (Å²) in [5, 5.41) is 11.0. The quantitative estimate of drug-likeness (QED) is 0.342. The standard InChI is InChI=1S/C24H28N4O4S2.C2H4O2/c1-14-11-18(13-25-23(14)32-4)28-34(30)20-12-17(9-10-19(20)31-3)21-15(2)26-24(33-21)27-22(29)16-7-5-6-8-16;1-2(3)4/h9-13,16,28H,5-8H2,1-4H3,(H,26,27,29);1H3,(H,3,4). The third kappa shape index (κ3) is 7.51. The smallest absolute Gasteiger partial charge is 0.300 e. The number of ether oxygens (including phenoxy) is 2. The highest BCUT2D eigenvalue weighted by atomic mass is 32.2. The molecule has 38 heavy (non-hydrogen) atoms. The highest BCUT2D eigenvalue weighted by molar-refractivity contribution is 7.86. The first kappa shape index (κ1) is 29.1. The molecule has 10 nitrogen and oxygen atoms in total. The number of pyridine rings is 1. The van der Waals surface area contributed by atoms with Crippen molar-refractivity contribution in [2.75, 3.05) is 24.3 Å². The largest absolute Gasteiger partial charge is 0.495 e. The number of methoxy groups -OCH3 is 2. The van der Waals surface area contributed by atoms with Crippen LogP contribution in [-0.2, 0) is 20.6 Å². The SMILES string of the molecule is CC(=O)O.COc1ccc(-c2sc(NC(=O)C3CCCC3)nc2C)cc1S(=O)Nc1cnc(OC)c(C)c1. The van der Waals surface area contributed by atoms with E-state index >= 15 is 0 Å². The minimum absolute atomic E-state index is 0.0434. The van der Waals surface area contributed by atoms with Crippen LogP contribution in [0.1, 0.15) is 43.9 Å². The zero-order chi connectivity index (χ0) is 27.8. The van der Waals surface area contributed by atoms with Crippen LogP contribution in [-0.4, -0.2) is 45.4 Å². The summed E-state index contributed by atoms with van der Waals surface area (Å²) in [6.45, 7) is 4.86. The first-order chi connectivity index (χ1) is 18.1. The molecule has 1 saturated carbocycles. The topological polar surface area (TPSA) is 140 Å². The van der Waals surface area contributed by atoms with Crippen LogP contribution in [0, 0.1) is 19.8 Å². The van der Waals surface area contributed by atoms with Crippen LogP contribution in [0.3, 0.4) is 0 Å². The van der Waals surface area contributed by atoms with Crippen molar-refractivity contribution in [3.05, 3.63) is 41.7 Å². The number of carbonyl (C=O) groups excluding carboxylic acids is 1. The van der Waals surface area contributed by atoms with Crippen molar-refractivity contribution >= 4 is 45.0 Å². The predicted molar refractivity (Wildman–Crippen MR) is 148 cm³/mol. The van der Waals surface area contributed by atoms with Gasteiger partial charge in [0, 0.05) is 18.4 Å². The van der Waals surface area contributed by atoms with Gasteiger partial charge in [0.15, 0.2) is 16.1 Å². The van der Waals surface area contributed by atoms with E-state index in [2.05, 4.69) is 20.0 Å². The minimum atomic E-state index is -1.60. The van der Waals surface area contributed by atoms with Crippen molar-refractivity contribution in [3.63, 3.8) is 0 Å². The summed E-state index contributed by atoms with van der Waals surface area (Å²) in [7, 11) is 1.51. The summed E-state index contributed by atoms with van der Waals surface area (Å²) >= 11 is 1.42. The van der Waals surface area contributed by atoms with Crippen LogP contribution in [0.4, 0.5) is 10.8 Å². The van der Waals surface area contributed by atoms with Crippen molar-refractivity contribution in [2.45, 2.75) is 51.3 Å². The molecule has 0 aliphatic heterocycles. The summed E-state index contributed by atoms with van der Waals surface area (Å²) in [5.41, 5.74) is 3.09. The molecule has 12 heteroatoms. The second kappa shape index (κ2) is 13.3. The molecule has 3 aromatic rings. The third-order valence-corrected chi connectivity index (χ3v) is 8.07. The lowest BCUT2D eigenvalue weighted by molar-refractivity contribution is -0.134. The number of aromatic nitrogens is 2. The van der Waals surface area contributed by atoms with Crippen molar-refractivity contribution in [3.8, 4) is 22.1 Å². The van der Waals surface area contributed by atoms with E-state index in [0.29, 0.717) is 27.3 Å². The zero-order valence-corrected chi connectivity index (χ0v) is 23.6. The van der Waals surface area contributed by atoms with Crippen molar-refractivity contribution in [1.29, 1.82) is 0 Å². The molecule has 1 unspecified atom stereocenters. The van der Waals surface area contributed by atoms with Gasteiger partial charge in [-0.1, -0.05) is 24.2 Å². The van der Waals surface area contributed by atoms with Gasteiger partial charge in [0.05, 0.1) is 36.7 Å². The molecular formula is C26H32N4O6S2. The van der Waals surface area contributed by atoms with Gasteiger partial charge in [-0.25, -0.2) is 14.2 Å². The molecule has 0 spiro atoms. The van der Waals surface area contributed by atoms with Gasteiger partial charge < -0.3 is 19.9 Å². The van der Waals surface area contributed by atoms with E-state index in [0.717, 1.165) is 54.3 Å². The first-order valence-electron chi connectivity index (χ1n) is 12.0. The lowest BCUT2D eigenvalue weighted by atomic mass is 10.1.